The molecule has 2 N–H and O–H groups in total. The van der Waals surface area contributed by atoms with Crippen molar-refractivity contribution in [2.75, 3.05) is 6.61 Å². The van der Waals surface area contributed by atoms with E-state index in [1.165, 1.54) is 5.56 Å². The summed E-state index contributed by atoms with van der Waals surface area (Å²) in [4.78, 5) is 0. The molecule has 0 saturated carbocycles. The molecule has 2 aromatic carbocycles. The Kier molecular flexibility index (Phi) is 3.98. The van der Waals surface area contributed by atoms with Crippen LogP contribution in [0.2, 0.25) is 0 Å². The number of phenols is 2. The summed E-state index contributed by atoms with van der Waals surface area (Å²) in [5.41, 5.74) is 3.29. The first kappa shape index (κ1) is 16.7. The van der Waals surface area contributed by atoms with E-state index in [2.05, 4.69) is 27.7 Å². The predicted molar refractivity (Wildman–Crippen MR) is 96.1 cm³/mol. The van der Waals surface area contributed by atoms with Gasteiger partial charge in [-0.25, -0.2) is 0 Å². The Morgan fingerprint density at radius 3 is 2.29 bits per heavy atom. The van der Waals surface area contributed by atoms with Crippen LogP contribution in [-0.4, -0.2) is 16.8 Å². The van der Waals surface area contributed by atoms with Crippen LogP contribution in [0, 0.1) is 0 Å². The molecule has 0 spiro atoms. The van der Waals surface area contributed by atoms with Crippen molar-refractivity contribution >= 4 is 0 Å². The second kappa shape index (κ2) is 5.73. The number of benzene rings is 2. The monoisotopic (exact) mass is 326 g/mol. The van der Waals surface area contributed by atoms with E-state index < -0.39 is 0 Å². The third kappa shape index (κ3) is 2.62. The molecule has 1 aliphatic carbocycles. The quantitative estimate of drug-likeness (QED) is 0.842. The van der Waals surface area contributed by atoms with Crippen LogP contribution < -0.4 is 4.74 Å². The highest BCUT2D eigenvalue weighted by Gasteiger charge is 2.46. The van der Waals surface area contributed by atoms with Crippen molar-refractivity contribution in [1.82, 2.24) is 0 Å². The van der Waals surface area contributed by atoms with E-state index in [1.807, 2.05) is 24.3 Å². The average Bonchev–Trinajstić information content (AvgIpc) is 2.72. The van der Waals surface area contributed by atoms with Gasteiger partial charge in [-0.05, 0) is 59.2 Å². The Morgan fingerprint density at radius 1 is 1.00 bits per heavy atom. The van der Waals surface area contributed by atoms with Crippen LogP contribution in [0.25, 0.3) is 0 Å². The molecule has 0 saturated heterocycles. The molecular formula is C21H26O3. The number of aromatic hydroxyl groups is 2. The fourth-order valence-corrected chi connectivity index (χ4v) is 4.07. The smallest absolute Gasteiger partial charge is 0.161 e. The van der Waals surface area contributed by atoms with Gasteiger partial charge in [0.15, 0.2) is 11.5 Å². The van der Waals surface area contributed by atoms with E-state index in [0.717, 1.165) is 24.0 Å². The molecule has 24 heavy (non-hydrogen) atoms. The summed E-state index contributed by atoms with van der Waals surface area (Å²) in [7, 11) is 0. The van der Waals surface area contributed by atoms with Gasteiger partial charge in [0.25, 0.3) is 0 Å². The van der Waals surface area contributed by atoms with Crippen molar-refractivity contribution in [1.29, 1.82) is 0 Å². The zero-order valence-corrected chi connectivity index (χ0v) is 14.9. The molecule has 3 nitrogen and oxygen atoms in total. The van der Waals surface area contributed by atoms with Gasteiger partial charge in [-0.15, -0.1) is 0 Å². The first-order valence-corrected chi connectivity index (χ1v) is 8.58. The van der Waals surface area contributed by atoms with Gasteiger partial charge in [-0.1, -0.05) is 39.8 Å². The minimum absolute atomic E-state index is 0.0139. The van der Waals surface area contributed by atoms with E-state index in [4.69, 9.17) is 4.74 Å². The Morgan fingerprint density at radius 2 is 1.67 bits per heavy atom. The van der Waals surface area contributed by atoms with Crippen LogP contribution >= 0.6 is 0 Å². The van der Waals surface area contributed by atoms with E-state index in [-0.39, 0.29) is 22.3 Å². The maximum atomic E-state index is 10.4. The molecular weight excluding hydrogens is 300 g/mol. The highest BCUT2D eigenvalue weighted by Crippen LogP contribution is 2.55. The second-order valence-electron chi connectivity index (χ2n) is 7.65. The Labute approximate surface area is 143 Å². The van der Waals surface area contributed by atoms with Crippen LogP contribution in [0.5, 0.6) is 17.2 Å². The Balaban J connectivity index is 2.12. The maximum absolute atomic E-state index is 10.4. The normalized spacial score (nSPS) is 21.5. The second-order valence-corrected chi connectivity index (χ2v) is 7.65. The molecule has 3 rings (SSSR count). The van der Waals surface area contributed by atoms with Crippen molar-refractivity contribution < 1.29 is 14.9 Å². The lowest BCUT2D eigenvalue weighted by Crippen LogP contribution is -2.23. The van der Waals surface area contributed by atoms with Crippen LogP contribution in [0.15, 0.2) is 36.4 Å². The first-order chi connectivity index (χ1) is 11.3. The maximum Gasteiger partial charge on any atom is 0.161 e. The number of rotatable bonds is 4. The molecule has 1 unspecified atom stereocenters. The zero-order chi connectivity index (χ0) is 17.5. The van der Waals surface area contributed by atoms with Crippen molar-refractivity contribution in [3.05, 3.63) is 53.1 Å². The lowest BCUT2D eigenvalue weighted by Gasteiger charge is -2.28. The topological polar surface area (TPSA) is 49.7 Å². The van der Waals surface area contributed by atoms with Gasteiger partial charge < -0.3 is 14.9 Å². The fraction of sp³-hybridized carbons (Fsp3) is 0.429. The van der Waals surface area contributed by atoms with Gasteiger partial charge >= 0.3 is 0 Å². The highest BCUT2D eigenvalue weighted by molar-refractivity contribution is 5.58. The summed E-state index contributed by atoms with van der Waals surface area (Å²) in [5.74, 6) is 1.04. The van der Waals surface area contributed by atoms with Gasteiger partial charge in [-0.2, -0.15) is 0 Å². The van der Waals surface area contributed by atoms with Crippen molar-refractivity contribution in [3.63, 3.8) is 0 Å². The molecule has 0 amide bonds. The summed E-state index contributed by atoms with van der Waals surface area (Å²) in [6.45, 7) is 9.33. The molecule has 3 heteroatoms. The van der Waals surface area contributed by atoms with Crippen molar-refractivity contribution in [3.8, 4) is 17.2 Å². The van der Waals surface area contributed by atoms with E-state index >= 15 is 0 Å². The van der Waals surface area contributed by atoms with E-state index in [9.17, 15) is 10.2 Å². The third-order valence-corrected chi connectivity index (χ3v) is 5.18. The largest absolute Gasteiger partial charge is 0.508 e. The van der Waals surface area contributed by atoms with Crippen LogP contribution in [-0.2, 0) is 10.8 Å². The molecule has 2 aromatic rings. The predicted octanol–water partition coefficient (Wildman–Crippen LogP) is 4.87. The minimum Gasteiger partial charge on any atom is -0.508 e. The summed E-state index contributed by atoms with van der Waals surface area (Å²) < 4.78 is 5.71. The molecule has 0 aliphatic heterocycles. The van der Waals surface area contributed by atoms with Crippen LogP contribution in [0.3, 0.4) is 0 Å². The minimum atomic E-state index is -0.201. The van der Waals surface area contributed by atoms with Crippen molar-refractivity contribution in [2.24, 2.45) is 0 Å². The fourth-order valence-electron chi connectivity index (χ4n) is 4.07. The molecule has 1 aliphatic rings. The average molecular weight is 326 g/mol. The van der Waals surface area contributed by atoms with Crippen LogP contribution in [0.4, 0.5) is 0 Å². The summed E-state index contributed by atoms with van der Waals surface area (Å²) in [6.07, 6.45) is 1.85. The summed E-state index contributed by atoms with van der Waals surface area (Å²) in [5, 5.41) is 20.0. The molecule has 1 atom stereocenters. The molecule has 0 heterocycles. The van der Waals surface area contributed by atoms with Gasteiger partial charge in [0.2, 0.25) is 0 Å². The molecule has 0 aromatic heterocycles. The van der Waals surface area contributed by atoms with E-state index in [1.54, 1.807) is 12.1 Å². The molecule has 0 radical (unpaired) electrons. The lowest BCUT2D eigenvalue weighted by atomic mass is 9.75. The molecule has 0 fully saturated rings. The number of hydrogen-bond donors (Lipinski definition) is 2. The number of ether oxygens (including phenoxy) is 1. The van der Waals surface area contributed by atoms with Crippen molar-refractivity contribution in [2.45, 2.75) is 51.4 Å². The first-order valence-electron chi connectivity index (χ1n) is 8.58. The SMILES string of the molecule is CCCOc1cc2c(cc1O)C(C)(c1ccc(O)cc1)CC2(C)C. The highest BCUT2D eigenvalue weighted by atomic mass is 16.5. The number of hydrogen-bond acceptors (Lipinski definition) is 3. The Hall–Kier alpha value is -2.16. The Bertz CT molecular complexity index is 746. The van der Waals surface area contributed by atoms with E-state index in [0.29, 0.717) is 12.4 Å². The molecule has 128 valence electrons. The summed E-state index contributed by atoms with van der Waals surface area (Å²) >= 11 is 0. The van der Waals surface area contributed by atoms with Gasteiger partial charge in [0.05, 0.1) is 6.61 Å². The number of phenolic OH excluding ortho intramolecular Hbond substituents is 2. The van der Waals surface area contributed by atoms with Gasteiger partial charge in [0.1, 0.15) is 5.75 Å². The van der Waals surface area contributed by atoms with Gasteiger partial charge in [-0.3, -0.25) is 0 Å². The standard InChI is InChI=1S/C21H26O3/c1-5-10-24-19-12-16-17(11-18(19)23)21(4,13-20(16,2)3)14-6-8-15(22)9-7-14/h6-9,11-12,22-23H,5,10,13H2,1-4H3. The van der Waals surface area contributed by atoms with Gasteiger partial charge in [0, 0.05) is 5.41 Å². The number of fused-ring (bicyclic) bond motifs is 1. The third-order valence-electron chi connectivity index (χ3n) is 5.18. The summed E-state index contributed by atoms with van der Waals surface area (Å²) in [6, 6.07) is 11.3. The lowest BCUT2D eigenvalue weighted by molar-refractivity contribution is 0.298. The molecule has 0 bridgehead atoms. The van der Waals surface area contributed by atoms with Crippen LogP contribution in [0.1, 0.15) is 57.2 Å². The zero-order valence-electron chi connectivity index (χ0n) is 14.9.